The van der Waals surface area contributed by atoms with E-state index in [9.17, 15) is 9.59 Å². The summed E-state index contributed by atoms with van der Waals surface area (Å²) in [6, 6.07) is 14.5. The molecule has 0 bridgehead atoms. The Bertz CT molecular complexity index is 1280. The van der Waals surface area contributed by atoms with E-state index < -0.39 is 11.9 Å². The van der Waals surface area contributed by atoms with Crippen LogP contribution in [-0.4, -0.2) is 52.6 Å². The maximum Gasteiger partial charge on any atom is 0.357 e. The van der Waals surface area contributed by atoms with Crippen LogP contribution < -0.4 is 4.74 Å². The predicted octanol–water partition coefficient (Wildman–Crippen LogP) is 3.37. The first-order valence-electron chi connectivity index (χ1n) is 10.1. The van der Waals surface area contributed by atoms with Gasteiger partial charge in [-0.2, -0.15) is 5.10 Å². The van der Waals surface area contributed by atoms with Gasteiger partial charge >= 0.3 is 11.9 Å². The first kappa shape index (κ1) is 21.8. The molecule has 0 spiro atoms. The summed E-state index contributed by atoms with van der Waals surface area (Å²) in [7, 11) is 4.10. The normalized spacial score (nSPS) is 10.6. The summed E-state index contributed by atoms with van der Waals surface area (Å²) in [6.45, 7) is 0.494. The zero-order valence-corrected chi connectivity index (χ0v) is 18.4. The van der Waals surface area contributed by atoms with E-state index in [0.29, 0.717) is 29.2 Å². The molecule has 2 aromatic heterocycles. The molecule has 0 amide bonds. The van der Waals surface area contributed by atoms with Gasteiger partial charge in [-0.3, -0.25) is 0 Å². The lowest BCUT2D eigenvalue weighted by atomic mass is 10.0. The second-order valence-electron chi connectivity index (χ2n) is 7.06. The van der Waals surface area contributed by atoms with E-state index in [-0.39, 0.29) is 11.3 Å². The highest BCUT2D eigenvalue weighted by Crippen LogP contribution is 2.32. The second kappa shape index (κ2) is 9.39. The molecule has 9 heteroatoms. The van der Waals surface area contributed by atoms with Crippen molar-refractivity contribution in [1.29, 1.82) is 0 Å². The van der Waals surface area contributed by atoms with E-state index in [0.717, 1.165) is 5.56 Å². The number of methoxy groups -OCH3 is 3. The van der Waals surface area contributed by atoms with Gasteiger partial charge in [0.25, 0.3) is 0 Å². The van der Waals surface area contributed by atoms with E-state index in [1.165, 1.54) is 18.9 Å². The maximum atomic E-state index is 12.8. The van der Waals surface area contributed by atoms with Gasteiger partial charge in [0.15, 0.2) is 5.69 Å². The van der Waals surface area contributed by atoms with Gasteiger partial charge in [-0.25, -0.2) is 19.3 Å². The molecule has 0 radical (unpaired) electrons. The van der Waals surface area contributed by atoms with Crippen molar-refractivity contribution in [2.45, 2.75) is 6.54 Å². The number of hydrogen-bond acceptors (Lipinski definition) is 7. The molecule has 0 saturated carbocycles. The number of hydrogen-bond donors (Lipinski definition) is 0. The van der Waals surface area contributed by atoms with E-state index >= 15 is 0 Å². The average molecular weight is 446 g/mol. The Balaban J connectivity index is 1.94. The quantitative estimate of drug-likeness (QED) is 0.402. The van der Waals surface area contributed by atoms with Crippen LogP contribution in [-0.2, 0) is 16.0 Å². The molecule has 0 aliphatic rings. The highest BCUT2D eigenvalue weighted by molar-refractivity contribution is 6.06. The smallest absolute Gasteiger partial charge is 0.357 e. The third-order valence-electron chi connectivity index (χ3n) is 5.12. The van der Waals surface area contributed by atoms with Gasteiger partial charge in [0.1, 0.15) is 17.0 Å². The molecule has 2 aromatic carbocycles. The van der Waals surface area contributed by atoms with E-state index in [4.69, 9.17) is 14.2 Å². The molecule has 0 aliphatic heterocycles. The van der Waals surface area contributed by atoms with E-state index in [1.54, 1.807) is 43.9 Å². The van der Waals surface area contributed by atoms with Crippen LogP contribution in [0, 0.1) is 0 Å². The van der Waals surface area contributed by atoms with Gasteiger partial charge in [-0.05, 0) is 30.3 Å². The summed E-state index contributed by atoms with van der Waals surface area (Å²) in [5, 5.41) is 4.64. The predicted molar refractivity (Wildman–Crippen MR) is 120 cm³/mol. The average Bonchev–Trinajstić information content (AvgIpc) is 3.51. The fourth-order valence-corrected chi connectivity index (χ4v) is 3.58. The van der Waals surface area contributed by atoms with Crippen molar-refractivity contribution in [2.24, 2.45) is 0 Å². The van der Waals surface area contributed by atoms with Gasteiger partial charge in [-0.1, -0.05) is 18.2 Å². The van der Waals surface area contributed by atoms with Gasteiger partial charge in [0.2, 0.25) is 0 Å². The number of benzene rings is 2. The minimum Gasteiger partial charge on any atom is -0.496 e. The van der Waals surface area contributed by atoms with Gasteiger partial charge in [-0.15, -0.1) is 0 Å². The Labute approximate surface area is 190 Å². The van der Waals surface area contributed by atoms with Crippen molar-refractivity contribution in [2.75, 3.05) is 21.3 Å². The lowest BCUT2D eigenvalue weighted by Crippen LogP contribution is -2.15. The van der Waals surface area contributed by atoms with Crippen molar-refractivity contribution in [3.8, 4) is 22.7 Å². The largest absolute Gasteiger partial charge is 0.496 e. The third-order valence-corrected chi connectivity index (χ3v) is 5.12. The molecular weight excluding hydrogens is 424 g/mol. The van der Waals surface area contributed by atoms with Crippen LogP contribution in [0.3, 0.4) is 0 Å². The SMILES string of the molecule is COC(=O)c1c(-c2ccc(OC)c(Cn3ccnc3)c2)nn(-c2ccccc2)c1C(=O)OC. The summed E-state index contributed by atoms with van der Waals surface area (Å²) < 4.78 is 18.8. The summed E-state index contributed by atoms with van der Waals surface area (Å²) >= 11 is 0. The van der Waals surface area contributed by atoms with Crippen LogP contribution in [0.1, 0.15) is 26.4 Å². The molecule has 0 unspecified atom stereocenters. The highest BCUT2D eigenvalue weighted by Gasteiger charge is 2.31. The lowest BCUT2D eigenvalue weighted by Gasteiger charge is -2.11. The van der Waals surface area contributed by atoms with E-state index in [2.05, 4.69) is 10.1 Å². The number of esters is 2. The number of carbonyl (C=O) groups excluding carboxylic acids is 2. The molecule has 2 heterocycles. The Morgan fingerprint density at radius 1 is 0.970 bits per heavy atom. The number of imidazole rings is 1. The molecule has 168 valence electrons. The van der Waals surface area contributed by atoms with Crippen molar-refractivity contribution >= 4 is 11.9 Å². The number of para-hydroxylation sites is 1. The zero-order valence-electron chi connectivity index (χ0n) is 18.4. The third kappa shape index (κ3) is 4.20. The first-order chi connectivity index (χ1) is 16.1. The lowest BCUT2D eigenvalue weighted by molar-refractivity contribution is 0.0549. The standard InChI is InChI=1S/C24H22N4O5/c1-31-19-10-9-16(13-17(19)14-27-12-11-25-15-27)21-20(23(29)32-2)22(24(30)33-3)28(26-21)18-7-5-4-6-8-18/h4-13,15H,14H2,1-3H3. The first-order valence-corrected chi connectivity index (χ1v) is 10.1. The zero-order chi connectivity index (χ0) is 23.4. The molecule has 0 aliphatic carbocycles. The van der Waals surface area contributed by atoms with Gasteiger partial charge in [0.05, 0.1) is 39.9 Å². The van der Waals surface area contributed by atoms with E-state index in [1.807, 2.05) is 35.0 Å². The van der Waals surface area contributed by atoms with Crippen LogP contribution in [0.5, 0.6) is 5.75 Å². The topological polar surface area (TPSA) is 97.5 Å². The fourth-order valence-electron chi connectivity index (χ4n) is 3.58. The number of ether oxygens (including phenoxy) is 3. The van der Waals surface area contributed by atoms with Crippen molar-refractivity contribution < 1.29 is 23.8 Å². The molecular formula is C24H22N4O5. The molecule has 4 aromatic rings. The minimum absolute atomic E-state index is 0.0162. The van der Waals surface area contributed by atoms with Crippen molar-refractivity contribution in [3.05, 3.63) is 84.1 Å². The molecule has 33 heavy (non-hydrogen) atoms. The summed E-state index contributed by atoms with van der Waals surface area (Å²) in [5.41, 5.74) is 2.36. The maximum absolute atomic E-state index is 12.8. The van der Waals surface area contributed by atoms with Crippen LogP contribution >= 0.6 is 0 Å². The highest BCUT2D eigenvalue weighted by atomic mass is 16.5. The Kier molecular flexibility index (Phi) is 6.21. The summed E-state index contributed by atoms with van der Waals surface area (Å²) in [6.07, 6.45) is 5.23. The Morgan fingerprint density at radius 2 is 1.73 bits per heavy atom. The van der Waals surface area contributed by atoms with Gasteiger partial charge in [0, 0.05) is 23.5 Å². The molecule has 0 atom stereocenters. The Hall–Kier alpha value is -4.40. The minimum atomic E-state index is -0.704. The Morgan fingerprint density at radius 3 is 2.36 bits per heavy atom. The van der Waals surface area contributed by atoms with Crippen LogP contribution in [0.25, 0.3) is 16.9 Å². The van der Waals surface area contributed by atoms with Crippen molar-refractivity contribution in [3.63, 3.8) is 0 Å². The number of carbonyl (C=O) groups is 2. The van der Waals surface area contributed by atoms with Crippen molar-refractivity contribution in [1.82, 2.24) is 19.3 Å². The molecule has 0 N–H and O–H groups in total. The molecule has 0 fully saturated rings. The second-order valence-corrected chi connectivity index (χ2v) is 7.06. The van der Waals surface area contributed by atoms with Crippen LogP contribution in [0.2, 0.25) is 0 Å². The molecule has 0 saturated heterocycles. The van der Waals surface area contributed by atoms with Crippen LogP contribution in [0.4, 0.5) is 0 Å². The van der Waals surface area contributed by atoms with Crippen LogP contribution in [0.15, 0.2) is 67.3 Å². The molecule has 4 rings (SSSR count). The monoisotopic (exact) mass is 446 g/mol. The summed E-state index contributed by atoms with van der Waals surface area (Å²) in [4.78, 5) is 29.7. The number of nitrogens with zero attached hydrogens (tertiary/aromatic N) is 4. The fraction of sp³-hybridized carbons (Fsp3) is 0.167. The number of aromatic nitrogens is 4. The number of rotatable bonds is 7. The molecule has 9 nitrogen and oxygen atoms in total. The summed E-state index contributed by atoms with van der Waals surface area (Å²) in [5.74, 6) is -0.729. The van der Waals surface area contributed by atoms with Gasteiger partial charge < -0.3 is 18.8 Å².